The third kappa shape index (κ3) is 5.26. The lowest BCUT2D eigenvalue weighted by Gasteiger charge is -2.47. The number of pyridine rings is 1. The number of aromatic nitrogens is 1. The number of carbonyl (C=O) groups excluding carboxylic acids is 4. The molecule has 6 atom stereocenters. The number of hydrogen-bond donors (Lipinski definition) is 3. The zero-order valence-electron chi connectivity index (χ0n) is 22.8. The van der Waals surface area contributed by atoms with Gasteiger partial charge in [-0.1, -0.05) is 50.2 Å². The Bertz CT molecular complexity index is 1270. The Morgan fingerprint density at radius 3 is 2.41 bits per heavy atom. The van der Waals surface area contributed by atoms with E-state index in [1.807, 2.05) is 44.2 Å². The summed E-state index contributed by atoms with van der Waals surface area (Å²) in [6, 6.07) is 12.3. The zero-order valence-corrected chi connectivity index (χ0v) is 22.8. The summed E-state index contributed by atoms with van der Waals surface area (Å²) >= 11 is 0. The summed E-state index contributed by atoms with van der Waals surface area (Å²) in [5.41, 5.74) is 1.48. The van der Waals surface area contributed by atoms with Gasteiger partial charge in [0.15, 0.2) is 0 Å². The van der Waals surface area contributed by atoms with Crippen molar-refractivity contribution in [1.29, 1.82) is 0 Å². The topological polar surface area (TPSA) is 144 Å². The number of amides is 2. The molecule has 12 heteroatoms. The van der Waals surface area contributed by atoms with E-state index in [4.69, 9.17) is 9.31 Å². The van der Waals surface area contributed by atoms with Gasteiger partial charge in [0.2, 0.25) is 5.91 Å². The zero-order chi connectivity index (χ0) is 28.5. The van der Waals surface area contributed by atoms with E-state index < -0.39 is 54.6 Å². The van der Waals surface area contributed by atoms with Crippen LogP contribution in [0.1, 0.15) is 44.6 Å². The van der Waals surface area contributed by atoms with Crippen molar-refractivity contribution in [1.82, 2.24) is 15.6 Å². The van der Waals surface area contributed by atoms with Crippen molar-refractivity contribution in [3.63, 3.8) is 0 Å². The molecule has 1 aromatic carbocycles. The van der Waals surface area contributed by atoms with Crippen LogP contribution in [0, 0.1) is 5.92 Å². The van der Waals surface area contributed by atoms with Gasteiger partial charge in [-0.05, 0) is 38.3 Å². The average molecular weight is 538 g/mol. The van der Waals surface area contributed by atoms with Crippen LogP contribution in [0.15, 0.2) is 48.5 Å². The molecule has 0 bridgehead atoms. The highest BCUT2D eigenvalue weighted by Gasteiger charge is 2.72. The maximum Gasteiger partial charge on any atom is 0.605 e. The first-order chi connectivity index (χ1) is 18.4. The minimum Gasteiger partial charge on any atom is -0.599 e. The van der Waals surface area contributed by atoms with Crippen LogP contribution in [-0.4, -0.2) is 82.6 Å². The number of aliphatic hydroxyl groups is 1. The van der Waals surface area contributed by atoms with Gasteiger partial charge in [-0.2, -0.15) is 0 Å². The van der Waals surface area contributed by atoms with Crippen molar-refractivity contribution >= 4 is 30.4 Å². The van der Waals surface area contributed by atoms with E-state index in [1.165, 1.54) is 13.0 Å². The quantitative estimate of drug-likeness (QED) is 0.404. The maximum atomic E-state index is 13.5. The summed E-state index contributed by atoms with van der Waals surface area (Å²) in [5.74, 6) is -3.24. The molecule has 2 unspecified atom stereocenters. The lowest BCUT2D eigenvalue weighted by molar-refractivity contribution is -0.817. The minimum atomic E-state index is -2.63. The summed E-state index contributed by atoms with van der Waals surface area (Å²) in [5, 5.41) is 15.9. The monoisotopic (exact) mass is 538 g/mol. The summed E-state index contributed by atoms with van der Waals surface area (Å²) in [7, 11) is 1.71. The Hall–Kier alpha value is -3.77. The lowest BCUT2D eigenvalue weighted by atomic mass is 9.57. The average Bonchev–Trinajstić information content (AvgIpc) is 3.25. The van der Waals surface area contributed by atoms with Gasteiger partial charge in [0.05, 0.1) is 17.7 Å². The number of likely N-dealkylation sites (N-methyl/N-ethyl adjacent to an activating group) is 1. The third-order valence-electron chi connectivity index (χ3n) is 7.77. The smallest absolute Gasteiger partial charge is 0.599 e. The van der Waals surface area contributed by atoms with Crippen LogP contribution >= 0.6 is 0 Å². The molecule has 0 saturated carbocycles. The van der Waals surface area contributed by atoms with Gasteiger partial charge in [-0.25, -0.2) is 9.78 Å². The predicted molar refractivity (Wildman–Crippen MR) is 142 cm³/mol. The van der Waals surface area contributed by atoms with Crippen LogP contribution in [0.2, 0.25) is 0 Å². The molecule has 0 aliphatic carbocycles. The first-order valence-corrected chi connectivity index (χ1v) is 13.1. The van der Waals surface area contributed by atoms with Gasteiger partial charge in [-0.3, -0.25) is 14.4 Å². The SMILES string of the molecule is CC(C)C[C@H](NC(=O)[C@@H](NC(=O)c1cccc(-c2ccccc2)n1)[C@@H](C)O)[B-]12OC(=O)C[N+]1(C)[C@H](C)C(=O)O2. The van der Waals surface area contributed by atoms with E-state index in [1.54, 1.807) is 26.1 Å². The van der Waals surface area contributed by atoms with E-state index >= 15 is 0 Å². The van der Waals surface area contributed by atoms with Crippen molar-refractivity contribution in [2.45, 2.75) is 58.2 Å². The molecule has 2 fully saturated rings. The van der Waals surface area contributed by atoms with Crippen molar-refractivity contribution in [3.05, 3.63) is 54.2 Å². The van der Waals surface area contributed by atoms with Crippen molar-refractivity contribution in [3.8, 4) is 11.3 Å². The van der Waals surface area contributed by atoms with Crippen molar-refractivity contribution in [2.75, 3.05) is 13.6 Å². The second-order valence-electron chi connectivity index (χ2n) is 11.0. The minimum absolute atomic E-state index is 0.0263. The highest BCUT2D eigenvalue weighted by atomic mass is 16.7. The molecule has 2 aliphatic heterocycles. The van der Waals surface area contributed by atoms with Crippen LogP contribution in [-0.2, 0) is 23.7 Å². The number of fused-ring (bicyclic) bond motifs is 1. The summed E-state index contributed by atoms with van der Waals surface area (Å²) in [6.07, 6.45) is -0.943. The lowest BCUT2D eigenvalue weighted by Crippen LogP contribution is -2.73. The van der Waals surface area contributed by atoms with Crippen molar-refractivity contribution in [2.24, 2.45) is 5.92 Å². The fourth-order valence-corrected chi connectivity index (χ4v) is 5.49. The van der Waals surface area contributed by atoms with E-state index in [-0.39, 0.29) is 22.6 Å². The molecule has 2 amide bonds. The van der Waals surface area contributed by atoms with E-state index in [0.29, 0.717) is 12.1 Å². The number of hydrogen-bond acceptors (Lipinski definition) is 8. The van der Waals surface area contributed by atoms with E-state index in [9.17, 15) is 24.3 Å². The molecule has 0 radical (unpaired) electrons. The molecule has 3 heterocycles. The number of rotatable bonds is 9. The number of aliphatic hydroxyl groups excluding tert-OH is 1. The van der Waals surface area contributed by atoms with Gasteiger partial charge in [-0.15, -0.1) is 0 Å². The maximum absolute atomic E-state index is 13.5. The molecule has 39 heavy (non-hydrogen) atoms. The molecule has 2 aliphatic rings. The van der Waals surface area contributed by atoms with Gasteiger partial charge < -0.3 is 29.4 Å². The largest absolute Gasteiger partial charge is 0.605 e. The van der Waals surface area contributed by atoms with Crippen LogP contribution < -0.4 is 10.6 Å². The second kappa shape index (κ2) is 10.8. The molecule has 4 rings (SSSR count). The Morgan fingerprint density at radius 2 is 1.77 bits per heavy atom. The molecule has 208 valence electrons. The normalized spacial score (nSPS) is 26.3. The van der Waals surface area contributed by atoms with E-state index in [2.05, 4.69) is 15.6 Å². The number of carbonyl (C=O) groups is 4. The Morgan fingerprint density at radius 1 is 1.08 bits per heavy atom. The van der Waals surface area contributed by atoms with E-state index in [0.717, 1.165) is 5.56 Å². The van der Waals surface area contributed by atoms with Crippen LogP contribution in [0.3, 0.4) is 0 Å². The molecular formula is C27H35BN4O7. The van der Waals surface area contributed by atoms with Gasteiger partial charge in [0, 0.05) is 12.6 Å². The number of nitrogens with zero attached hydrogens (tertiary/aromatic N) is 2. The van der Waals surface area contributed by atoms with Gasteiger partial charge >= 0.3 is 18.6 Å². The standard InChI is InChI=1S/C27H35BN4O7/c1-16(2)14-22(28-32(5,15-23(34)38-28)17(3)27(37)39-28)30-26(36)24(18(4)33)31-25(35)21-13-9-12-20(29-21)19-10-7-6-8-11-19/h6-13,16-18,22,24,33H,14-15H2,1-5H3,(H,30,36)(H,31,35)/t17-,18-,22+,24+,28?,32?/m1/s1. The van der Waals surface area contributed by atoms with Crippen LogP contribution in [0.5, 0.6) is 0 Å². The number of nitrogens with one attached hydrogen (secondary N) is 2. The van der Waals surface area contributed by atoms with Crippen LogP contribution in [0.25, 0.3) is 11.3 Å². The molecule has 2 aromatic rings. The Kier molecular flexibility index (Phi) is 7.81. The molecule has 2 saturated heterocycles. The van der Waals surface area contributed by atoms with Gasteiger partial charge in [0.1, 0.15) is 24.3 Å². The molecule has 0 spiro atoms. The summed E-state index contributed by atoms with van der Waals surface area (Å²) < 4.78 is 11.3. The fourth-order valence-electron chi connectivity index (χ4n) is 5.49. The Balaban J connectivity index is 1.58. The molecule has 3 N–H and O–H groups in total. The second-order valence-corrected chi connectivity index (χ2v) is 11.0. The third-order valence-corrected chi connectivity index (χ3v) is 7.77. The highest BCUT2D eigenvalue weighted by molar-refractivity contribution is 6.68. The molecule has 11 nitrogen and oxygen atoms in total. The summed E-state index contributed by atoms with van der Waals surface area (Å²) in [6.45, 7) is 4.19. The number of benzene rings is 1. The van der Waals surface area contributed by atoms with Crippen LogP contribution in [0.4, 0.5) is 0 Å². The number of quaternary nitrogens is 1. The highest BCUT2D eigenvalue weighted by Crippen LogP contribution is 2.41. The Labute approximate surface area is 227 Å². The van der Waals surface area contributed by atoms with Crippen molar-refractivity contribution < 1.29 is 38.0 Å². The fraction of sp³-hybridized carbons (Fsp3) is 0.444. The molecule has 1 aromatic heterocycles. The summed E-state index contributed by atoms with van der Waals surface area (Å²) in [4.78, 5) is 56.1. The van der Waals surface area contributed by atoms with Gasteiger partial charge in [0.25, 0.3) is 5.91 Å². The first-order valence-electron chi connectivity index (χ1n) is 13.1. The molecular weight excluding hydrogens is 503 g/mol. The first kappa shape index (κ1) is 28.2. The predicted octanol–water partition coefficient (Wildman–Crippen LogP) is 1.19.